The van der Waals surface area contributed by atoms with E-state index in [1.165, 1.54) is 18.4 Å². The normalized spacial score (nSPS) is 32.8. The molecule has 1 saturated heterocycles. The Kier molecular flexibility index (Phi) is 6.50. The molecule has 180 valence electrons. The first kappa shape index (κ1) is 23.2. The van der Waals surface area contributed by atoms with Crippen molar-refractivity contribution in [2.75, 3.05) is 24.5 Å². The summed E-state index contributed by atoms with van der Waals surface area (Å²) in [6.45, 7) is 6.91. The predicted octanol–water partition coefficient (Wildman–Crippen LogP) is 6.10. The Balaban J connectivity index is 1.26. The standard InChI is InChI=1S/C28H39ClN2O2/c1-19-13-21-14-20(2)17-28(16-19,18-21)27(33)30-11-8-22(9-12-30)26(32)31-10-4-3-5-23-15-24(29)6-7-25(23)31/h6-7,15,19-22H,3-5,8-14,16-18H2,1-2H3/t19-,20?,21?,28?/m0/s1. The summed E-state index contributed by atoms with van der Waals surface area (Å²) >= 11 is 6.23. The van der Waals surface area contributed by atoms with Gasteiger partial charge in [-0.2, -0.15) is 0 Å². The molecule has 4 aliphatic rings. The van der Waals surface area contributed by atoms with E-state index in [4.69, 9.17) is 11.6 Å². The Bertz CT molecular complexity index is 888. The van der Waals surface area contributed by atoms with Gasteiger partial charge < -0.3 is 9.80 Å². The van der Waals surface area contributed by atoms with Gasteiger partial charge in [0.25, 0.3) is 0 Å². The van der Waals surface area contributed by atoms with E-state index in [0.717, 1.165) is 87.6 Å². The molecule has 1 aromatic carbocycles. The second kappa shape index (κ2) is 9.24. The van der Waals surface area contributed by atoms with Gasteiger partial charge in [-0.1, -0.05) is 25.4 Å². The Morgan fingerprint density at radius 1 is 0.970 bits per heavy atom. The van der Waals surface area contributed by atoms with Gasteiger partial charge in [0.05, 0.1) is 5.41 Å². The van der Waals surface area contributed by atoms with E-state index < -0.39 is 0 Å². The lowest BCUT2D eigenvalue weighted by molar-refractivity contribution is -0.153. The van der Waals surface area contributed by atoms with Crippen LogP contribution in [0.1, 0.15) is 77.2 Å². The third-order valence-electron chi connectivity index (χ3n) is 8.89. The van der Waals surface area contributed by atoms with Crippen LogP contribution in [0.15, 0.2) is 18.2 Å². The number of piperidine rings is 1. The van der Waals surface area contributed by atoms with Gasteiger partial charge in [0.2, 0.25) is 11.8 Å². The van der Waals surface area contributed by atoms with Gasteiger partial charge in [-0.25, -0.2) is 0 Å². The number of carbonyl (C=O) groups is 2. The van der Waals surface area contributed by atoms with Gasteiger partial charge in [-0.05, 0) is 106 Å². The van der Waals surface area contributed by atoms with Gasteiger partial charge >= 0.3 is 0 Å². The monoisotopic (exact) mass is 470 g/mol. The number of nitrogens with zero attached hydrogens (tertiary/aromatic N) is 2. The number of hydrogen-bond acceptors (Lipinski definition) is 2. The fraction of sp³-hybridized carbons (Fsp3) is 0.714. The van der Waals surface area contributed by atoms with Crippen LogP contribution in [0.5, 0.6) is 0 Å². The molecule has 0 N–H and O–H groups in total. The van der Waals surface area contributed by atoms with Crippen LogP contribution in [-0.2, 0) is 16.0 Å². The number of anilines is 1. The molecule has 2 heterocycles. The van der Waals surface area contributed by atoms with Crippen molar-refractivity contribution in [2.45, 2.75) is 78.1 Å². The number of aryl methyl sites for hydroxylation is 1. The topological polar surface area (TPSA) is 40.6 Å². The zero-order chi connectivity index (χ0) is 23.2. The van der Waals surface area contributed by atoms with Gasteiger partial charge in [-0.3, -0.25) is 9.59 Å². The highest BCUT2D eigenvalue weighted by molar-refractivity contribution is 6.30. The van der Waals surface area contributed by atoms with E-state index in [9.17, 15) is 9.59 Å². The Morgan fingerprint density at radius 3 is 2.36 bits per heavy atom. The molecule has 0 radical (unpaired) electrons. The molecule has 33 heavy (non-hydrogen) atoms. The summed E-state index contributed by atoms with van der Waals surface area (Å²) in [5.41, 5.74) is 2.09. The lowest BCUT2D eigenvalue weighted by atomic mass is 9.56. The van der Waals surface area contributed by atoms with E-state index >= 15 is 0 Å². The molecule has 5 heteroatoms. The minimum absolute atomic E-state index is 0.0106. The van der Waals surface area contributed by atoms with Gasteiger partial charge in [0, 0.05) is 36.3 Å². The molecule has 2 amide bonds. The number of rotatable bonds is 2. The smallest absolute Gasteiger partial charge is 0.230 e. The molecule has 3 fully saturated rings. The number of carbonyl (C=O) groups excluding carboxylic acids is 2. The summed E-state index contributed by atoms with van der Waals surface area (Å²) in [7, 11) is 0. The highest BCUT2D eigenvalue weighted by atomic mass is 35.5. The first-order valence-electron chi connectivity index (χ1n) is 13.2. The molecule has 4 nitrogen and oxygen atoms in total. The molecule has 5 rings (SSSR count). The van der Waals surface area contributed by atoms with E-state index in [1.807, 2.05) is 23.1 Å². The Hall–Kier alpha value is -1.55. The van der Waals surface area contributed by atoms with Crippen molar-refractivity contribution in [2.24, 2.45) is 29.1 Å². The summed E-state index contributed by atoms with van der Waals surface area (Å²) in [5, 5.41) is 0.741. The number of fused-ring (bicyclic) bond motifs is 3. The molecule has 0 aromatic heterocycles. The van der Waals surface area contributed by atoms with Crippen LogP contribution in [0.2, 0.25) is 5.02 Å². The number of hydrogen-bond donors (Lipinski definition) is 0. The van der Waals surface area contributed by atoms with Crippen LogP contribution in [0.25, 0.3) is 0 Å². The summed E-state index contributed by atoms with van der Waals surface area (Å²) in [6.07, 6.45) is 10.4. The Morgan fingerprint density at radius 2 is 1.67 bits per heavy atom. The van der Waals surface area contributed by atoms with Gasteiger partial charge in [-0.15, -0.1) is 0 Å². The minimum atomic E-state index is -0.139. The van der Waals surface area contributed by atoms with Crippen LogP contribution < -0.4 is 4.90 Å². The highest BCUT2D eigenvalue weighted by Gasteiger charge is 2.50. The molecular formula is C28H39ClN2O2. The third-order valence-corrected chi connectivity index (χ3v) is 9.13. The molecular weight excluding hydrogens is 432 g/mol. The summed E-state index contributed by atoms with van der Waals surface area (Å²) in [6, 6.07) is 5.94. The van der Waals surface area contributed by atoms with Crippen molar-refractivity contribution >= 4 is 29.1 Å². The second-order valence-corrected chi connectivity index (χ2v) is 12.2. The van der Waals surface area contributed by atoms with Crippen LogP contribution in [-0.4, -0.2) is 36.3 Å². The molecule has 2 saturated carbocycles. The quantitative estimate of drug-likeness (QED) is 0.523. The highest BCUT2D eigenvalue weighted by Crippen LogP contribution is 2.53. The summed E-state index contributed by atoms with van der Waals surface area (Å²) in [4.78, 5) is 31.5. The van der Waals surface area contributed by atoms with Gasteiger partial charge in [0.15, 0.2) is 0 Å². The molecule has 2 aliphatic carbocycles. The maximum atomic E-state index is 13.8. The number of likely N-dealkylation sites (tertiary alicyclic amines) is 1. The number of halogens is 1. The summed E-state index contributed by atoms with van der Waals surface area (Å²) in [5.74, 6) is 2.66. The second-order valence-electron chi connectivity index (χ2n) is 11.7. The fourth-order valence-electron chi connectivity index (χ4n) is 7.80. The lowest BCUT2D eigenvalue weighted by Crippen LogP contribution is -2.53. The first-order chi connectivity index (χ1) is 15.8. The molecule has 2 bridgehead atoms. The van der Waals surface area contributed by atoms with Crippen LogP contribution in [0.4, 0.5) is 5.69 Å². The molecule has 3 unspecified atom stereocenters. The minimum Gasteiger partial charge on any atom is -0.342 e. The zero-order valence-electron chi connectivity index (χ0n) is 20.3. The SMILES string of the molecule is CC1CC2C[C@H](C)CC(C(=O)N3CCC(C(=O)N4CCCCc5cc(Cl)ccc54)CC3)(C1)C2. The lowest BCUT2D eigenvalue weighted by Gasteiger charge is -2.51. The van der Waals surface area contributed by atoms with Crippen molar-refractivity contribution in [3.63, 3.8) is 0 Å². The molecule has 1 aromatic rings. The van der Waals surface area contributed by atoms with Crippen LogP contribution in [0.3, 0.4) is 0 Å². The third kappa shape index (κ3) is 4.57. The van der Waals surface area contributed by atoms with E-state index in [2.05, 4.69) is 18.7 Å². The molecule has 0 spiro atoms. The number of benzene rings is 1. The fourth-order valence-corrected chi connectivity index (χ4v) is 8.00. The Labute approximate surface area is 204 Å². The van der Waals surface area contributed by atoms with Crippen molar-refractivity contribution in [3.8, 4) is 0 Å². The van der Waals surface area contributed by atoms with Crippen molar-refractivity contribution in [1.29, 1.82) is 0 Å². The maximum absolute atomic E-state index is 13.8. The predicted molar refractivity (Wildman–Crippen MR) is 133 cm³/mol. The van der Waals surface area contributed by atoms with Crippen molar-refractivity contribution in [3.05, 3.63) is 28.8 Å². The largest absolute Gasteiger partial charge is 0.342 e. The van der Waals surface area contributed by atoms with E-state index in [0.29, 0.717) is 17.7 Å². The first-order valence-corrected chi connectivity index (χ1v) is 13.6. The zero-order valence-corrected chi connectivity index (χ0v) is 21.1. The van der Waals surface area contributed by atoms with Crippen LogP contribution in [0, 0.1) is 29.1 Å². The average molecular weight is 471 g/mol. The number of amides is 2. The van der Waals surface area contributed by atoms with E-state index in [1.54, 1.807) is 0 Å². The van der Waals surface area contributed by atoms with Crippen molar-refractivity contribution in [1.82, 2.24) is 4.90 Å². The van der Waals surface area contributed by atoms with Crippen LogP contribution >= 0.6 is 11.6 Å². The summed E-state index contributed by atoms with van der Waals surface area (Å²) < 4.78 is 0. The average Bonchev–Trinajstić information content (AvgIpc) is 2.99. The van der Waals surface area contributed by atoms with Gasteiger partial charge in [0.1, 0.15) is 0 Å². The van der Waals surface area contributed by atoms with E-state index in [-0.39, 0.29) is 17.2 Å². The maximum Gasteiger partial charge on any atom is 0.230 e. The van der Waals surface area contributed by atoms with Crippen molar-refractivity contribution < 1.29 is 9.59 Å². The molecule has 4 atom stereocenters. The molecule has 2 aliphatic heterocycles.